The van der Waals surface area contributed by atoms with Crippen LogP contribution >= 0.6 is 0 Å². The Labute approximate surface area is 148 Å². The molecule has 0 aliphatic carbocycles. The molecule has 1 aromatic heterocycles. The molecule has 0 radical (unpaired) electrons. The van der Waals surface area contributed by atoms with Gasteiger partial charge in [-0.15, -0.1) is 0 Å². The molecule has 0 spiro atoms. The van der Waals surface area contributed by atoms with Crippen molar-refractivity contribution in [3.8, 4) is 5.75 Å². The van der Waals surface area contributed by atoms with Crippen LogP contribution in [0.5, 0.6) is 5.75 Å². The zero-order valence-electron chi connectivity index (χ0n) is 14.4. The lowest BCUT2D eigenvalue weighted by Gasteiger charge is -2.33. The summed E-state index contributed by atoms with van der Waals surface area (Å²) in [6.07, 6.45) is 4.89. The third kappa shape index (κ3) is 3.68. The topological polar surface area (TPSA) is 65.6 Å². The Morgan fingerprint density at radius 2 is 1.96 bits per heavy atom. The van der Waals surface area contributed by atoms with E-state index in [1.54, 1.807) is 4.31 Å². The number of H-pyrrole nitrogens is 1. The van der Waals surface area contributed by atoms with Crippen LogP contribution in [0.15, 0.2) is 30.5 Å². The van der Waals surface area contributed by atoms with Crippen molar-refractivity contribution in [3.63, 3.8) is 0 Å². The summed E-state index contributed by atoms with van der Waals surface area (Å²) < 4.78 is 31.6. The van der Waals surface area contributed by atoms with Gasteiger partial charge in [-0.25, -0.2) is 12.7 Å². The third-order valence-electron chi connectivity index (χ3n) is 5.25. The summed E-state index contributed by atoms with van der Waals surface area (Å²) in [5.41, 5.74) is 1.10. The molecule has 2 aliphatic rings. The molecule has 2 aromatic rings. The van der Waals surface area contributed by atoms with Gasteiger partial charge in [-0.3, -0.25) is 0 Å². The molecule has 0 saturated carbocycles. The highest BCUT2D eigenvalue weighted by Gasteiger charge is 2.29. The molecular formula is C18H25N3O3S. The normalized spacial score (nSPS) is 22.6. The van der Waals surface area contributed by atoms with Crippen molar-refractivity contribution in [2.45, 2.75) is 25.4 Å². The predicted molar refractivity (Wildman–Crippen MR) is 98.4 cm³/mol. The number of piperidine rings is 1. The molecule has 0 amide bonds. The maximum Gasteiger partial charge on any atom is 0.214 e. The first kappa shape index (κ1) is 16.9. The van der Waals surface area contributed by atoms with Crippen LogP contribution in [-0.2, 0) is 10.0 Å². The van der Waals surface area contributed by atoms with Gasteiger partial charge in [0.15, 0.2) is 0 Å². The van der Waals surface area contributed by atoms with E-state index in [2.05, 4.69) is 22.0 Å². The number of hydrogen-bond acceptors (Lipinski definition) is 4. The van der Waals surface area contributed by atoms with Gasteiger partial charge in [0.25, 0.3) is 0 Å². The van der Waals surface area contributed by atoms with Gasteiger partial charge in [-0.05, 0) is 37.5 Å². The number of likely N-dealkylation sites (tertiary alicyclic amines) is 1. The maximum atomic E-state index is 11.9. The lowest BCUT2D eigenvalue weighted by molar-refractivity contribution is 0.0994. The number of aromatic amines is 1. The van der Waals surface area contributed by atoms with Gasteiger partial charge < -0.3 is 14.6 Å². The Kier molecular flexibility index (Phi) is 4.71. The average Bonchev–Trinajstić information content (AvgIpc) is 3.21. The highest BCUT2D eigenvalue weighted by molar-refractivity contribution is 7.89. The zero-order valence-corrected chi connectivity index (χ0v) is 15.2. The van der Waals surface area contributed by atoms with Gasteiger partial charge >= 0.3 is 0 Å². The number of sulfonamides is 1. The molecule has 136 valence electrons. The first-order chi connectivity index (χ1) is 12.1. The van der Waals surface area contributed by atoms with Gasteiger partial charge in [0.2, 0.25) is 10.0 Å². The second-order valence-electron chi connectivity index (χ2n) is 6.92. The minimum atomic E-state index is -2.98. The van der Waals surface area contributed by atoms with E-state index in [4.69, 9.17) is 4.74 Å². The van der Waals surface area contributed by atoms with Crippen LogP contribution in [0, 0.1) is 0 Å². The fourth-order valence-electron chi connectivity index (χ4n) is 3.78. The molecule has 1 N–H and O–H groups in total. The molecule has 0 unspecified atom stereocenters. The molecule has 3 heterocycles. The summed E-state index contributed by atoms with van der Waals surface area (Å²) in [4.78, 5) is 5.56. The highest BCUT2D eigenvalue weighted by Crippen LogP contribution is 2.27. The standard InChI is InChI=1S/C18H25N3O3S/c22-25(23)14-2-9-21(25)13-12-20-10-6-15(7-11-20)24-18-4-1-3-17-16(18)5-8-19-17/h1,3-5,8,15,19H,2,6-7,9-14H2. The molecule has 7 heteroatoms. The van der Waals surface area contributed by atoms with Crippen LogP contribution in [0.4, 0.5) is 0 Å². The first-order valence-corrected chi connectivity index (χ1v) is 10.7. The zero-order chi connectivity index (χ0) is 17.3. The van der Waals surface area contributed by atoms with E-state index in [0.29, 0.717) is 18.8 Å². The van der Waals surface area contributed by atoms with Crippen LogP contribution in [0.1, 0.15) is 19.3 Å². The number of nitrogens with one attached hydrogen (secondary N) is 1. The van der Waals surface area contributed by atoms with Gasteiger partial charge in [0, 0.05) is 49.8 Å². The smallest absolute Gasteiger partial charge is 0.214 e. The van der Waals surface area contributed by atoms with E-state index in [9.17, 15) is 8.42 Å². The number of hydrogen-bond donors (Lipinski definition) is 1. The van der Waals surface area contributed by atoms with Crippen molar-refractivity contribution < 1.29 is 13.2 Å². The Balaban J connectivity index is 1.28. The van der Waals surface area contributed by atoms with E-state index in [1.807, 2.05) is 18.3 Å². The Morgan fingerprint density at radius 1 is 1.12 bits per heavy atom. The Bertz CT molecular complexity index is 825. The summed E-state index contributed by atoms with van der Waals surface area (Å²) in [7, 11) is -2.98. The fraction of sp³-hybridized carbons (Fsp3) is 0.556. The minimum absolute atomic E-state index is 0.229. The average molecular weight is 363 g/mol. The largest absolute Gasteiger partial charge is 0.490 e. The van der Waals surface area contributed by atoms with Crippen molar-refractivity contribution in [3.05, 3.63) is 30.5 Å². The van der Waals surface area contributed by atoms with Crippen LogP contribution in [0.2, 0.25) is 0 Å². The second-order valence-corrected chi connectivity index (χ2v) is 9.01. The van der Waals surface area contributed by atoms with E-state index in [0.717, 1.165) is 55.5 Å². The van der Waals surface area contributed by atoms with Gasteiger partial charge in [-0.2, -0.15) is 0 Å². The maximum absolute atomic E-state index is 11.9. The molecule has 1 aromatic carbocycles. The number of rotatable bonds is 5. The van der Waals surface area contributed by atoms with Crippen LogP contribution in [0.25, 0.3) is 10.9 Å². The quantitative estimate of drug-likeness (QED) is 0.883. The minimum Gasteiger partial charge on any atom is -0.490 e. The number of nitrogens with zero attached hydrogens (tertiary/aromatic N) is 2. The van der Waals surface area contributed by atoms with Gasteiger partial charge in [-0.1, -0.05) is 6.07 Å². The van der Waals surface area contributed by atoms with Crippen LogP contribution < -0.4 is 4.74 Å². The first-order valence-electron chi connectivity index (χ1n) is 9.05. The molecule has 2 aliphatic heterocycles. The monoisotopic (exact) mass is 363 g/mol. The van der Waals surface area contributed by atoms with E-state index in [-0.39, 0.29) is 6.10 Å². The lowest BCUT2D eigenvalue weighted by Crippen LogP contribution is -2.42. The van der Waals surface area contributed by atoms with Gasteiger partial charge in [0.1, 0.15) is 11.9 Å². The molecule has 2 saturated heterocycles. The molecular weight excluding hydrogens is 338 g/mol. The number of ether oxygens (including phenoxy) is 1. The van der Waals surface area contributed by atoms with Crippen molar-refractivity contribution in [1.82, 2.24) is 14.2 Å². The molecule has 0 atom stereocenters. The molecule has 2 fully saturated rings. The third-order valence-corrected chi connectivity index (χ3v) is 7.21. The summed E-state index contributed by atoms with van der Waals surface area (Å²) in [5.74, 6) is 1.26. The van der Waals surface area contributed by atoms with Crippen molar-refractivity contribution in [1.29, 1.82) is 0 Å². The SMILES string of the molecule is O=S1(=O)CCCN1CCN1CCC(Oc2cccc3[nH]ccc23)CC1. The highest BCUT2D eigenvalue weighted by atomic mass is 32.2. The molecule has 25 heavy (non-hydrogen) atoms. The second kappa shape index (κ2) is 6.97. The number of benzene rings is 1. The number of aromatic nitrogens is 1. The van der Waals surface area contributed by atoms with Crippen molar-refractivity contribution >= 4 is 20.9 Å². The summed E-state index contributed by atoms with van der Waals surface area (Å²) in [6, 6.07) is 8.15. The summed E-state index contributed by atoms with van der Waals surface area (Å²) in [5, 5.41) is 1.13. The Morgan fingerprint density at radius 3 is 2.72 bits per heavy atom. The van der Waals surface area contributed by atoms with Crippen molar-refractivity contribution in [2.75, 3.05) is 38.5 Å². The molecule has 0 bridgehead atoms. The fourth-order valence-corrected chi connectivity index (χ4v) is 5.30. The Hall–Kier alpha value is -1.57. The van der Waals surface area contributed by atoms with Gasteiger partial charge in [0.05, 0.1) is 5.75 Å². The predicted octanol–water partition coefficient (Wildman–Crippen LogP) is 2.05. The molecule has 6 nitrogen and oxygen atoms in total. The van der Waals surface area contributed by atoms with E-state index >= 15 is 0 Å². The molecule has 4 rings (SSSR count). The number of fused-ring (bicyclic) bond motifs is 1. The van der Waals surface area contributed by atoms with Crippen LogP contribution in [0.3, 0.4) is 0 Å². The summed E-state index contributed by atoms with van der Waals surface area (Å²) >= 11 is 0. The van der Waals surface area contributed by atoms with E-state index < -0.39 is 10.0 Å². The summed E-state index contributed by atoms with van der Waals surface area (Å²) in [6.45, 7) is 4.04. The van der Waals surface area contributed by atoms with Crippen LogP contribution in [-0.4, -0.2) is 67.2 Å². The van der Waals surface area contributed by atoms with E-state index in [1.165, 1.54) is 0 Å². The lowest BCUT2D eigenvalue weighted by atomic mass is 10.1. The van der Waals surface area contributed by atoms with Crippen molar-refractivity contribution in [2.24, 2.45) is 0 Å².